The molecule has 0 aliphatic heterocycles. The van der Waals surface area contributed by atoms with Crippen molar-refractivity contribution >= 4 is 28.0 Å². The van der Waals surface area contributed by atoms with Crippen molar-refractivity contribution in [1.29, 1.82) is 0 Å². The number of aryl methyl sites for hydroxylation is 1. The number of halogens is 1. The molecule has 2 aromatic rings. The summed E-state index contributed by atoms with van der Waals surface area (Å²) in [6, 6.07) is 8.08. The molecular formula is C16H18FNO2S2. The highest BCUT2D eigenvalue weighted by molar-refractivity contribution is 7.84. The topological polar surface area (TPSA) is 46.2 Å². The highest BCUT2D eigenvalue weighted by Crippen LogP contribution is 2.31. The Morgan fingerprint density at radius 1 is 1.32 bits per heavy atom. The largest absolute Gasteiger partial charge is 0.351 e. The molecule has 1 amide bonds. The lowest BCUT2D eigenvalue weighted by atomic mass is 10.1. The summed E-state index contributed by atoms with van der Waals surface area (Å²) in [6.07, 6.45) is 2.35. The molecule has 1 aromatic heterocycles. The molecule has 1 aromatic carbocycles. The molecule has 3 nitrogen and oxygen atoms in total. The van der Waals surface area contributed by atoms with E-state index in [1.54, 1.807) is 18.4 Å². The van der Waals surface area contributed by atoms with Crippen LogP contribution in [0, 0.1) is 12.7 Å². The lowest BCUT2D eigenvalue weighted by Gasteiger charge is -2.02. The van der Waals surface area contributed by atoms with Crippen LogP contribution in [0.15, 0.2) is 30.3 Å². The number of nitrogens with one attached hydrogen (secondary N) is 1. The zero-order valence-corrected chi connectivity index (χ0v) is 14.2. The average Bonchev–Trinajstić information content (AvgIpc) is 2.86. The maximum absolute atomic E-state index is 13.0. The number of benzene rings is 1. The van der Waals surface area contributed by atoms with Gasteiger partial charge in [0.15, 0.2) is 0 Å². The highest BCUT2D eigenvalue weighted by Gasteiger charge is 2.13. The van der Waals surface area contributed by atoms with Gasteiger partial charge in [0.2, 0.25) is 0 Å². The maximum Gasteiger partial charge on any atom is 0.261 e. The molecule has 0 aliphatic carbocycles. The number of thiophene rings is 1. The van der Waals surface area contributed by atoms with Gasteiger partial charge < -0.3 is 5.32 Å². The first-order valence-electron chi connectivity index (χ1n) is 6.92. The van der Waals surface area contributed by atoms with Gasteiger partial charge in [0.1, 0.15) is 5.82 Å². The molecule has 2 rings (SSSR count). The Bertz CT molecular complexity index is 680. The summed E-state index contributed by atoms with van der Waals surface area (Å²) in [7, 11) is -0.831. The van der Waals surface area contributed by atoms with Gasteiger partial charge in [0, 0.05) is 34.2 Å². The van der Waals surface area contributed by atoms with Crippen LogP contribution in [0.5, 0.6) is 0 Å². The van der Waals surface area contributed by atoms with E-state index >= 15 is 0 Å². The summed E-state index contributed by atoms with van der Waals surface area (Å²) in [4.78, 5) is 13.8. The van der Waals surface area contributed by atoms with Gasteiger partial charge in [-0.25, -0.2) is 4.39 Å². The molecule has 22 heavy (non-hydrogen) atoms. The van der Waals surface area contributed by atoms with E-state index in [2.05, 4.69) is 5.32 Å². The monoisotopic (exact) mass is 339 g/mol. The van der Waals surface area contributed by atoms with Crippen LogP contribution in [-0.4, -0.2) is 28.7 Å². The van der Waals surface area contributed by atoms with Crippen molar-refractivity contribution in [2.75, 3.05) is 18.6 Å². The second kappa shape index (κ2) is 7.65. The number of amides is 1. The molecule has 0 radical (unpaired) electrons. The number of hydrogen-bond donors (Lipinski definition) is 1. The summed E-state index contributed by atoms with van der Waals surface area (Å²) in [5, 5.41) is 2.83. The van der Waals surface area contributed by atoms with Crippen LogP contribution in [0.3, 0.4) is 0 Å². The fourth-order valence-corrected chi connectivity index (χ4v) is 3.58. The summed E-state index contributed by atoms with van der Waals surface area (Å²) < 4.78 is 23.9. The lowest BCUT2D eigenvalue weighted by Crippen LogP contribution is -2.24. The molecule has 6 heteroatoms. The fraction of sp³-hybridized carbons (Fsp3) is 0.312. The van der Waals surface area contributed by atoms with Crippen molar-refractivity contribution in [3.63, 3.8) is 0 Å². The number of carbonyl (C=O) groups excluding carboxylic acids is 1. The van der Waals surface area contributed by atoms with Crippen molar-refractivity contribution in [1.82, 2.24) is 5.32 Å². The fourth-order valence-electron chi connectivity index (χ4n) is 2.07. The molecule has 0 unspecified atom stereocenters. The van der Waals surface area contributed by atoms with Gasteiger partial charge in [-0.3, -0.25) is 9.00 Å². The average molecular weight is 339 g/mol. The van der Waals surface area contributed by atoms with Gasteiger partial charge >= 0.3 is 0 Å². The van der Waals surface area contributed by atoms with E-state index in [1.807, 2.05) is 13.0 Å². The van der Waals surface area contributed by atoms with Crippen LogP contribution in [0.25, 0.3) is 11.1 Å². The van der Waals surface area contributed by atoms with Gasteiger partial charge in [-0.2, -0.15) is 0 Å². The minimum Gasteiger partial charge on any atom is -0.351 e. The van der Waals surface area contributed by atoms with Crippen LogP contribution < -0.4 is 5.32 Å². The third-order valence-corrected chi connectivity index (χ3v) is 5.10. The zero-order chi connectivity index (χ0) is 16.1. The van der Waals surface area contributed by atoms with E-state index in [9.17, 15) is 13.4 Å². The highest BCUT2D eigenvalue weighted by atomic mass is 32.2. The SMILES string of the molecule is Cc1sc(C(=O)NCCC[S@@](C)=O)cc1-c1ccc(F)cc1. The van der Waals surface area contributed by atoms with Crippen LogP contribution in [0.4, 0.5) is 4.39 Å². The van der Waals surface area contributed by atoms with E-state index in [4.69, 9.17) is 0 Å². The van der Waals surface area contributed by atoms with Gasteiger partial charge in [-0.05, 0) is 42.7 Å². The second-order valence-corrected chi connectivity index (χ2v) is 7.79. The van der Waals surface area contributed by atoms with Crippen molar-refractivity contribution in [2.24, 2.45) is 0 Å². The third-order valence-electron chi connectivity index (χ3n) is 3.19. The number of carbonyl (C=O) groups is 1. The second-order valence-electron chi connectivity index (χ2n) is 4.97. The first-order valence-corrected chi connectivity index (χ1v) is 9.46. The molecule has 0 spiro atoms. The van der Waals surface area contributed by atoms with E-state index in [0.717, 1.165) is 16.0 Å². The summed E-state index contributed by atoms with van der Waals surface area (Å²) in [6.45, 7) is 2.46. The summed E-state index contributed by atoms with van der Waals surface area (Å²) in [5.41, 5.74) is 1.85. The maximum atomic E-state index is 13.0. The molecule has 1 atom stereocenters. The van der Waals surface area contributed by atoms with Gasteiger partial charge in [-0.15, -0.1) is 11.3 Å². The number of rotatable bonds is 6. The molecule has 0 bridgehead atoms. The van der Waals surface area contributed by atoms with Crippen molar-refractivity contribution < 1.29 is 13.4 Å². The molecule has 1 N–H and O–H groups in total. The Morgan fingerprint density at radius 3 is 2.64 bits per heavy atom. The Labute approximate surface area is 136 Å². The molecule has 0 saturated heterocycles. The predicted octanol–water partition coefficient (Wildman–Crippen LogP) is 3.36. The number of hydrogen-bond acceptors (Lipinski definition) is 3. The van der Waals surface area contributed by atoms with E-state index in [-0.39, 0.29) is 11.7 Å². The predicted molar refractivity (Wildman–Crippen MR) is 90.3 cm³/mol. The molecule has 0 aliphatic rings. The van der Waals surface area contributed by atoms with Gasteiger partial charge in [0.25, 0.3) is 5.91 Å². The Hall–Kier alpha value is -1.53. The molecule has 0 saturated carbocycles. The summed E-state index contributed by atoms with van der Waals surface area (Å²) >= 11 is 1.42. The molecular weight excluding hydrogens is 321 g/mol. The Balaban J connectivity index is 2.04. The normalized spacial score (nSPS) is 12.1. The van der Waals surface area contributed by atoms with Crippen LogP contribution in [-0.2, 0) is 10.8 Å². The zero-order valence-electron chi connectivity index (χ0n) is 12.5. The van der Waals surface area contributed by atoms with Crippen molar-refractivity contribution in [2.45, 2.75) is 13.3 Å². The van der Waals surface area contributed by atoms with Crippen LogP contribution >= 0.6 is 11.3 Å². The molecule has 0 fully saturated rings. The Morgan fingerprint density at radius 2 is 2.00 bits per heavy atom. The first kappa shape index (κ1) is 16.8. The third kappa shape index (κ3) is 4.48. The quantitative estimate of drug-likeness (QED) is 0.820. The Kier molecular flexibility index (Phi) is 5.85. The molecule has 1 heterocycles. The van der Waals surface area contributed by atoms with E-state index < -0.39 is 10.8 Å². The van der Waals surface area contributed by atoms with Crippen molar-refractivity contribution in [3.05, 3.63) is 45.9 Å². The molecule has 118 valence electrons. The van der Waals surface area contributed by atoms with E-state index in [0.29, 0.717) is 23.6 Å². The first-order chi connectivity index (χ1) is 10.5. The van der Waals surface area contributed by atoms with E-state index in [1.165, 1.54) is 23.5 Å². The van der Waals surface area contributed by atoms with Crippen LogP contribution in [0.1, 0.15) is 21.0 Å². The minimum atomic E-state index is -0.831. The lowest BCUT2D eigenvalue weighted by molar-refractivity contribution is 0.0958. The van der Waals surface area contributed by atoms with Gasteiger partial charge in [0.05, 0.1) is 4.88 Å². The minimum absolute atomic E-state index is 0.122. The standard InChI is InChI=1S/C16H18FNO2S2/c1-11-14(12-4-6-13(17)7-5-12)10-15(21-11)16(19)18-8-3-9-22(2)20/h4-7,10H,3,8-9H2,1-2H3,(H,18,19)/t22-/m1/s1. The van der Waals surface area contributed by atoms with Crippen LogP contribution in [0.2, 0.25) is 0 Å². The van der Waals surface area contributed by atoms with Crippen molar-refractivity contribution in [3.8, 4) is 11.1 Å². The summed E-state index contributed by atoms with van der Waals surface area (Å²) in [5.74, 6) is 0.191. The smallest absolute Gasteiger partial charge is 0.261 e. The van der Waals surface area contributed by atoms with Gasteiger partial charge in [-0.1, -0.05) is 12.1 Å².